The van der Waals surface area contributed by atoms with Crippen molar-refractivity contribution in [3.8, 4) is 0 Å². The number of likely N-dealkylation sites (tertiary alicyclic amines) is 1. The van der Waals surface area contributed by atoms with Crippen LogP contribution < -0.4 is 5.32 Å². The summed E-state index contributed by atoms with van der Waals surface area (Å²) in [5.74, 6) is 0.103. The van der Waals surface area contributed by atoms with Crippen LogP contribution in [0.2, 0.25) is 0 Å². The maximum Gasteiger partial charge on any atom is 0.239 e. The lowest BCUT2D eigenvalue weighted by Crippen LogP contribution is -2.41. The van der Waals surface area contributed by atoms with Crippen LogP contribution in [0.1, 0.15) is 11.3 Å². The molecule has 2 rings (SSSR count). The average molecular weight is 284 g/mol. The van der Waals surface area contributed by atoms with Gasteiger partial charge in [0.05, 0.1) is 25.4 Å². The van der Waals surface area contributed by atoms with Gasteiger partial charge in [-0.25, -0.2) is 0 Å². The predicted octanol–water partition coefficient (Wildman–Crippen LogP) is 0.446. The molecule has 2 unspecified atom stereocenters. The second kappa shape index (κ2) is 7.00. The molecule has 2 heterocycles. The fourth-order valence-electron chi connectivity index (χ4n) is 2.04. The lowest BCUT2D eigenvalue weighted by atomic mass is 10.2. The second-order valence-electron chi connectivity index (χ2n) is 4.76. The van der Waals surface area contributed by atoms with Gasteiger partial charge in [-0.1, -0.05) is 6.07 Å². The van der Waals surface area contributed by atoms with Crippen molar-refractivity contribution in [1.82, 2.24) is 10.2 Å². The monoisotopic (exact) mass is 284 g/mol. The number of hydrogen-bond acceptors (Lipinski definition) is 5. The van der Waals surface area contributed by atoms with E-state index in [1.165, 1.54) is 0 Å². The van der Waals surface area contributed by atoms with E-state index in [1.807, 2.05) is 17.5 Å². The number of ether oxygens (including phenoxy) is 1. The zero-order chi connectivity index (χ0) is 13.7. The maximum atomic E-state index is 11.6. The van der Waals surface area contributed by atoms with Crippen LogP contribution in [0.3, 0.4) is 0 Å². The van der Waals surface area contributed by atoms with Gasteiger partial charge in [0.1, 0.15) is 0 Å². The summed E-state index contributed by atoms with van der Waals surface area (Å²) >= 11 is 1.64. The zero-order valence-electron chi connectivity index (χ0n) is 11.0. The van der Waals surface area contributed by atoms with Crippen LogP contribution >= 0.6 is 11.3 Å². The van der Waals surface area contributed by atoms with Crippen molar-refractivity contribution in [2.75, 3.05) is 26.7 Å². The van der Waals surface area contributed by atoms with E-state index in [9.17, 15) is 9.90 Å². The number of aliphatic hydroxyl groups is 1. The first-order chi connectivity index (χ1) is 9.16. The highest BCUT2D eigenvalue weighted by Gasteiger charge is 2.28. The number of amides is 1. The van der Waals surface area contributed by atoms with E-state index in [0.717, 1.165) is 17.8 Å². The third kappa shape index (κ3) is 4.28. The van der Waals surface area contributed by atoms with E-state index < -0.39 is 6.10 Å². The molecule has 1 aliphatic heterocycles. The fraction of sp³-hybridized carbons (Fsp3) is 0.615. The van der Waals surface area contributed by atoms with Gasteiger partial charge in [0.2, 0.25) is 5.91 Å². The number of nitrogens with zero attached hydrogens (tertiary/aromatic N) is 1. The Bertz CT molecular complexity index is 397. The first-order valence-electron chi connectivity index (χ1n) is 6.43. The average Bonchev–Trinajstić information content (AvgIpc) is 3.00. The summed E-state index contributed by atoms with van der Waals surface area (Å²) in [6.07, 6.45) is 0.219. The molecule has 0 aromatic carbocycles. The minimum Gasteiger partial charge on any atom is -0.389 e. The van der Waals surface area contributed by atoms with Crippen molar-refractivity contribution in [3.05, 3.63) is 22.4 Å². The first-order valence-corrected chi connectivity index (χ1v) is 7.31. The number of rotatable bonds is 7. The molecule has 1 fully saturated rings. The summed E-state index contributed by atoms with van der Waals surface area (Å²) in [4.78, 5) is 14.5. The van der Waals surface area contributed by atoms with E-state index in [4.69, 9.17) is 4.74 Å². The Morgan fingerprint density at radius 1 is 1.68 bits per heavy atom. The number of carbonyl (C=O) groups is 1. The Morgan fingerprint density at radius 2 is 2.53 bits per heavy atom. The maximum absolute atomic E-state index is 11.6. The van der Waals surface area contributed by atoms with Crippen molar-refractivity contribution in [3.63, 3.8) is 0 Å². The molecule has 19 heavy (non-hydrogen) atoms. The van der Waals surface area contributed by atoms with Crippen LogP contribution in [0.4, 0.5) is 0 Å². The number of aliphatic hydroxyl groups excluding tert-OH is 1. The van der Waals surface area contributed by atoms with Crippen molar-refractivity contribution in [1.29, 1.82) is 0 Å². The lowest BCUT2D eigenvalue weighted by molar-refractivity contribution is -0.128. The van der Waals surface area contributed by atoms with Crippen molar-refractivity contribution in [2.45, 2.75) is 25.2 Å². The summed E-state index contributed by atoms with van der Waals surface area (Å²) in [6.45, 7) is 1.97. The van der Waals surface area contributed by atoms with E-state index in [-0.39, 0.29) is 18.6 Å². The molecule has 1 aromatic heterocycles. The van der Waals surface area contributed by atoms with Crippen LogP contribution in [-0.2, 0) is 16.1 Å². The quantitative estimate of drug-likeness (QED) is 0.763. The van der Waals surface area contributed by atoms with Gasteiger partial charge >= 0.3 is 0 Å². The highest BCUT2D eigenvalue weighted by Crippen LogP contribution is 2.10. The third-order valence-electron chi connectivity index (χ3n) is 3.16. The molecule has 0 radical (unpaired) electrons. The highest BCUT2D eigenvalue weighted by molar-refractivity contribution is 7.09. The second-order valence-corrected chi connectivity index (χ2v) is 5.79. The molecule has 2 N–H and O–H groups in total. The molecule has 106 valence electrons. The van der Waals surface area contributed by atoms with Crippen LogP contribution in [0.5, 0.6) is 0 Å². The Kier molecular flexibility index (Phi) is 5.33. The number of nitrogens with one attached hydrogen (secondary N) is 1. The number of hydrogen-bond donors (Lipinski definition) is 2. The highest BCUT2D eigenvalue weighted by atomic mass is 32.1. The molecule has 1 aliphatic rings. The summed E-state index contributed by atoms with van der Waals surface area (Å²) in [6, 6.07) is 3.82. The van der Waals surface area contributed by atoms with Crippen LogP contribution in [-0.4, -0.2) is 54.8 Å². The lowest BCUT2D eigenvalue weighted by Gasteiger charge is -2.15. The molecular weight excluding hydrogens is 264 g/mol. The van der Waals surface area contributed by atoms with Crippen molar-refractivity contribution >= 4 is 17.2 Å². The fourth-order valence-corrected chi connectivity index (χ4v) is 2.68. The number of thiophene rings is 1. The largest absolute Gasteiger partial charge is 0.389 e. The van der Waals surface area contributed by atoms with Crippen LogP contribution in [0.15, 0.2) is 17.5 Å². The molecule has 0 aliphatic carbocycles. The SMILES string of the molecule is CN1CCC(NCC(O)COCc2cccs2)C1=O. The molecule has 0 bridgehead atoms. The van der Waals surface area contributed by atoms with E-state index in [1.54, 1.807) is 23.3 Å². The molecular formula is C13H20N2O3S. The van der Waals surface area contributed by atoms with Crippen molar-refractivity contribution in [2.24, 2.45) is 0 Å². The van der Waals surface area contributed by atoms with E-state index >= 15 is 0 Å². The normalized spacial score (nSPS) is 21.1. The third-order valence-corrected chi connectivity index (χ3v) is 4.01. The smallest absolute Gasteiger partial charge is 0.239 e. The number of likely N-dealkylation sites (N-methyl/N-ethyl adjacent to an activating group) is 1. The van der Waals surface area contributed by atoms with Crippen LogP contribution in [0.25, 0.3) is 0 Å². The van der Waals surface area contributed by atoms with E-state index in [0.29, 0.717) is 13.2 Å². The molecule has 0 saturated carbocycles. The molecule has 1 aromatic rings. The van der Waals surface area contributed by atoms with Gasteiger partial charge < -0.3 is 20.1 Å². The van der Waals surface area contributed by atoms with Gasteiger partial charge in [-0.05, 0) is 17.9 Å². The Labute approximate surface area is 117 Å². The summed E-state index contributed by atoms with van der Waals surface area (Å²) in [7, 11) is 1.80. The Hall–Kier alpha value is -0.950. The summed E-state index contributed by atoms with van der Waals surface area (Å²) < 4.78 is 5.43. The van der Waals surface area contributed by atoms with Gasteiger partial charge in [0.15, 0.2) is 0 Å². The first kappa shape index (κ1) is 14.5. The van der Waals surface area contributed by atoms with Crippen molar-refractivity contribution < 1.29 is 14.6 Å². The molecule has 2 atom stereocenters. The van der Waals surface area contributed by atoms with Gasteiger partial charge in [-0.3, -0.25) is 4.79 Å². The minimum absolute atomic E-state index is 0.103. The van der Waals surface area contributed by atoms with Gasteiger partial charge in [0.25, 0.3) is 0 Å². The predicted molar refractivity (Wildman–Crippen MR) is 74.0 cm³/mol. The van der Waals surface area contributed by atoms with E-state index in [2.05, 4.69) is 5.32 Å². The molecule has 5 nitrogen and oxygen atoms in total. The van der Waals surface area contributed by atoms with Crippen LogP contribution in [0, 0.1) is 0 Å². The molecule has 1 amide bonds. The van der Waals surface area contributed by atoms with Gasteiger partial charge in [-0.15, -0.1) is 11.3 Å². The Balaban J connectivity index is 1.59. The molecule has 1 saturated heterocycles. The van der Waals surface area contributed by atoms with Gasteiger partial charge in [-0.2, -0.15) is 0 Å². The molecule has 6 heteroatoms. The minimum atomic E-state index is -0.585. The topological polar surface area (TPSA) is 61.8 Å². The Morgan fingerprint density at radius 3 is 3.16 bits per heavy atom. The number of carbonyl (C=O) groups excluding carboxylic acids is 1. The van der Waals surface area contributed by atoms with Gasteiger partial charge in [0, 0.05) is 25.0 Å². The summed E-state index contributed by atoms with van der Waals surface area (Å²) in [5, 5.41) is 14.9. The zero-order valence-corrected chi connectivity index (χ0v) is 11.9. The standard InChI is InChI=1S/C13H20N2O3S/c1-15-5-4-12(13(15)17)14-7-10(16)8-18-9-11-3-2-6-19-11/h2-3,6,10,12,14,16H,4-5,7-9H2,1H3. The summed E-state index contributed by atoms with van der Waals surface area (Å²) in [5.41, 5.74) is 0. The molecule has 0 spiro atoms.